The van der Waals surface area contributed by atoms with Crippen LogP contribution in [0.3, 0.4) is 0 Å². The van der Waals surface area contributed by atoms with Crippen LogP contribution in [0.15, 0.2) is 47.4 Å². The first kappa shape index (κ1) is 20.3. The lowest BCUT2D eigenvalue weighted by molar-refractivity contribution is -0.114. The Hall–Kier alpha value is -2.45. The zero-order valence-corrected chi connectivity index (χ0v) is 16.6. The molecule has 1 fully saturated rings. The Labute approximate surface area is 164 Å². The number of sulfonamides is 1. The van der Waals surface area contributed by atoms with Crippen LogP contribution in [0.2, 0.25) is 0 Å². The summed E-state index contributed by atoms with van der Waals surface area (Å²) in [7, 11) is -3.54. The fraction of sp³-hybridized carbons (Fsp3) is 0.350. The number of rotatable bonds is 6. The van der Waals surface area contributed by atoms with Crippen LogP contribution >= 0.6 is 0 Å². The fourth-order valence-electron chi connectivity index (χ4n) is 3.15. The van der Waals surface area contributed by atoms with Crippen molar-refractivity contribution in [3.8, 4) is 0 Å². The quantitative estimate of drug-likeness (QED) is 0.773. The molecule has 28 heavy (non-hydrogen) atoms. The topological polar surface area (TPSA) is 78.5 Å². The molecule has 0 saturated carbocycles. The van der Waals surface area contributed by atoms with E-state index in [4.69, 9.17) is 0 Å². The normalized spacial score (nSPS) is 15.2. The first-order valence-corrected chi connectivity index (χ1v) is 10.7. The molecule has 1 aliphatic rings. The van der Waals surface area contributed by atoms with Gasteiger partial charge in [0.15, 0.2) is 0 Å². The average Bonchev–Trinajstić information content (AvgIpc) is 2.68. The summed E-state index contributed by atoms with van der Waals surface area (Å²) in [5.41, 5.74) is 1.77. The Morgan fingerprint density at radius 2 is 1.86 bits per heavy atom. The highest BCUT2D eigenvalue weighted by Crippen LogP contribution is 2.25. The van der Waals surface area contributed by atoms with E-state index in [2.05, 4.69) is 10.6 Å². The first-order chi connectivity index (χ1) is 13.4. The van der Waals surface area contributed by atoms with E-state index >= 15 is 0 Å². The fourth-order valence-corrected chi connectivity index (χ4v) is 4.70. The molecule has 2 N–H and O–H groups in total. The van der Waals surface area contributed by atoms with Crippen molar-refractivity contribution in [2.75, 3.05) is 30.3 Å². The zero-order valence-electron chi connectivity index (χ0n) is 15.7. The third kappa shape index (κ3) is 4.88. The average molecular weight is 405 g/mol. The van der Waals surface area contributed by atoms with Gasteiger partial charge in [0.05, 0.1) is 11.4 Å². The minimum absolute atomic E-state index is 0.0649. The van der Waals surface area contributed by atoms with E-state index < -0.39 is 15.8 Å². The summed E-state index contributed by atoms with van der Waals surface area (Å²) in [6, 6.07) is 10.5. The van der Waals surface area contributed by atoms with Crippen molar-refractivity contribution in [1.29, 1.82) is 0 Å². The highest BCUT2D eigenvalue weighted by Gasteiger charge is 2.26. The van der Waals surface area contributed by atoms with Gasteiger partial charge in [-0.05, 0) is 55.7 Å². The highest BCUT2D eigenvalue weighted by molar-refractivity contribution is 7.89. The molecule has 2 aromatic carbocycles. The lowest BCUT2D eigenvalue weighted by Crippen LogP contribution is -2.35. The molecule has 1 aliphatic heterocycles. The van der Waals surface area contributed by atoms with Crippen molar-refractivity contribution in [3.05, 3.63) is 53.8 Å². The molecule has 0 aliphatic carbocycles. The van der Waals surface area contributed by atoms with E-state index in [0.29, 0.717) is 24.5 Å². The molecule has 1 heterocycles. The number of hydrogen-bond acceptors (Lipinski definition) is 4. The van der Waals surface area contributed by atoms with Crippen LogP contribution in [0.4, 0.5) is 15.8 Å². The van der Waals surface area contributed by atoms with Gasteiger partial charge in [0.25, 0.3) is 0 Å². The van der Waals surface area contributed by atoms with Gasteiger partial charge in [-0.15, -0.1) is 0 Å². The Morgan fingerprint density at radius 3 is 2.57 bits per heavy atom. The molecule has 0 aromatic heterocycles. The number of carbonyl (C=O) groups is 1. The van der Waals surface area contributed by atoms with Crippen LogP contribution in [0.5, 0.6) is 0 Å². The summed E-state index contributed by atoms with van der Waals surface area (Å²) in [5.74, 6) is -0.786. The number of nitrogens with one attached hydrogen (secondary N) is 2. The van der Waals surface area contributed by atoms with Gasteiger partial charge in [-0.3, -0.25) is 4.79 Å². The van der Waals surface area contributed by atoms with Crippen molar-refractivity contribution >= 4 is 27.3 Å². The molecule has 0 unspecified atom stereocenters. The monoisotopic (exact) mass is 405 g/mol. The van der Waals surface area contributed by atoms with Crippen molar-refractivity contribution in [2.45, 2.75) is 31.1 Å². The lowest BCUT2D eigenvalue weighted by atomic mass is 10.2. The van der Waals surface area contributed by atoms with Gasteiger partial charge in [0.2, 0.25) is 15.9 Å². The summed E-state index contributed by atoms with van der Waals surface area (Å²) in [4.78, 5) is 12.3. The second-order valence-corrected chi connectivity index (χ2v) is 8.79. The second kappa shape index (κ2) is 8.70. The number of anilines is 2. The molecular formula is C20H24FN3O3S. The van der Waals surface area contributed by atoms with Crippen LogP contribution in [-0.4, -0.2) is 38.3 Å². The molecule has 6 nitrogen and oxygen atoms in total. The zero-order chi connectivity index (χ0) is 20.1. The molecular weight excluding hydrogens is 381 g/mol. The maximum atomic E-state index is 13.2. The van der Waals surface area contributed by atoms with Crippen molar-refractivity contribution in [3.63, 3.8) is 0 Å². The van der Waals surface area contributed by atoms with Crippen LogP contribution in [0.1, 0.15) is 24.8 Å². The first-order valence-electron chi connectivity index (χ1n) is 9.26. The predicted octanol–water partition coefficient (Wildman–Crippen LogP) is 3.36. The van der Waals surface area contributed by atoms with Crippen LogP contribution < -0.4 is 10.6 Å². The molecule has 1 amide bonds. The van der Waals surface area contributed by atoms with Gasteiger partial charge in [-0.2, -0.15) is 4.31 Å². The van der Waals surface area contributed by atoms with Crippen molar-refractivity contribution < 1.29 is 17.6 Å². The number of piperidine rings is 1. The van der Waals surface area contributed by atoms with Crippen LogP contribution in [0.25, 0.3) is 0 Å². The highest BCUT2D eigenvalue weighted by atomic mass is 32.2. The summed E-state index contributed by atoms with van der Waals surface area (Å²) in [6.45, 7) is 2.85. The Morgan fingerprint density at radius 1 is 1.11 bits per heavy atom. The maximum Gasteiger partial charge on any atom is 0.243 e. The minimum Gasteiger partial charge on any atom is -0.376 e. The molecule has 0 atom stereocenters. The number of aryl methyl sites for hydroxylation is 1. The largest absolute Gasteiger partial charge is 0.376 e. The number of nitrogens with zero attached hydrogens (tertiary/aromatic N) is 1. The van der Waals surface area contributed by atoms with E-state index in [1.165, 1.54) is 22.5 Å². The summed E-state index contributed by atoms with van der Waals surface area (Å²) in [6.07, 6.45) is 2.79. The lowest BCUT2D eigenvalue weighted by Gasteiger charge is -2.26. The molecule has 3 rings (SSSR count). The van der Waals surface area contributed by atoms with E-state index in [9.17, 15) is 17.6 Å². The van der Waals surface area contributed by atoms with Gasteiger partial charge >= 0.3 is 0 Å². The van der Waals surface area contributed by atoms with Crippen LogP contribution in [-0.2, 0) is 14.8 Å². The summed E-state index contributed by atoms with van der Waals surface area (Å²) in [5, 5.41) is 5.58. The molecule has 8 heteroatoms. The molecule has 0 spiro atoms. The number of halogens is 1. The van der Waals surface area contributed by atoms with Gasteiger partial charge in [0.1, 0.15) is 5.82 Å². The molecule has 1 saturated heterocycles. The van der Waals surface area contributed by atoms with Gasteiger partial charge in [-0.1, -0.05) is 18.6 Å². The predicted molar refractivity (Wildman–Crippen MR) is 107 cm³/mol. The van der Waals surface area contributed by atoms with Crippen molar-refractivity contribution in [1.82, 2.24) is 4.31 Å². The number of hydrogen-bond donors (Lipinski definition) is 2. The number of amides is 1. The smallest absolute Gasteiger partial charge is 0.243 e. The Balaban J connectivity index is 1.68. The van der Waals surface area contributed by atoms with Gasteiger partial charge in [-0.25, -0.2) is 12.8 Å². The summed E-state index contributed by atoms with van der Waals surface area (Å²) >= 11 is 0. The van der Waals surface area contributed by atoms with E-state index in [-0.39, 0.29) is 17.3 Å². The molecule has 0 radical (unpaired) electrons. The Bertz CT molecular complexity index is 957. The third-order valence-corrected chi connectivity index (χ3v) is 6.60. The molecule has 150 valence electrons. The second-order valence-electron chi connectivity index (χ2n) is 6.85. The van der Waals surface area contributed by atoms with E-state index in [1.807, 2.05) is 6.92 Å². The molecule has 0 bridgehead atoms. The summed E-state index contributed by atoms with van der Waals surface area (Å²) < 4.78 is 40.4. The number of benzene rings is 2. The standard InChI is InChI=1S/C20H24FN3O3S/c1-15-8-9-18(28(26,27)24-10-3-2-4-11-24)13-19(15)22-14-20(25)23-17-7-5-6-16(21)12-17/h5-9,12-13,22H,2-4,10-11,14H2,1H3,(H,23,25). The maximum absolute atomic E-state index is 13.2. The third-order valence-electron chi connectivity index (χ3n) is 4.71. The Kier molecular flexibility index (Phi) is 6.31. The van der Waals surface area contributed by atoms with E-state index in [0.717, 1.165) is 24.8 Å². The van der Waals surface area contributed by atoms with E-state index in [1.54, 1.807) is 24.3 Å². The van der Waals surface area contributed by atoms with Crippen molar-refractivity contribution in [2.24, 2.45) is 0 Å². The molecule has 2 aromatic rings. The SMILES string of the molecule is Cc1ccc(S(=O)(=O)N2CCCCC2)cc1NCC(=O)Nc1cccc(F)c1. The minimum atomic E-state index is -3.54. The van der Waals surface area contributed by atoms with Gasteiger partial charge < -0.3 is 10.6 Å². The number of carbonyl (C=O) groups excluding carboxylic acids is 1. The van der Waals surface area contributed by atoms with Gasteiger partial charge in [0, 0.05) is 24.5 Å². The van der Waals surface area contributed by atoms with Crippen LogP contribution in [0, 0.1) is 12.7 Å².